The van der Waals surface area contributed by atoms with E-state index in [1.807, 2.05) is 45.4 Å². The first-order valence-corrected chi connectivity index (χ1v) is 12.5. The Morgan fingerprint density at radius 2 is 1.59 bits per heavy atom. The fraction of sp³-hybridized carbons (Fsp3) is 0.692. The van der Waals surface area contributed by atoms with Gasteiger partial charge in [0.2, 0.25) is 0 Å². The number of benzene rings is 1. The third-order valence-corrected chi connectivity index (χ3v) is 5.34. The number of nitrogens with one attached hydrogen (secondary N) is 1. The van der Waals surface area contributed by atoms with E-state index >= 15 is 0 Å². The number of aliphatic carboxylic acids is 1. The van der Waals surface area contributed by atoms with Gasteiger partial charge in [0.05, 0.1) is 53.4 Å². The molecule has 0 aromatic heterocycles. The Kier molecular flexibility index (Phi) is 14.1. The molecule has 8 nitrogen and oxygen atoms in total. The lowest BCUT2D eigenvalue weighted by Gasteiger charge is -2.30. The number of quaternary nitrogens is 1. The lowest BCUT2D eigenvalue weighted by Crippen LogP contribution is -2.52. The number of hydrogen-bond donors (Lipinski definition) is 2. The molecule has 0 bridgehead atoms. The van der Waals surface area contributed by atoms with Gasteiger partial charge in [0.15, 0.2) is 0 Å². The number of ether oxygens (including phenoxy) is 2. The summed E-state index contributed by atoms with van der Waals surface area (Å²) in [5, 5.41) is 12.0. The Labute approximate surface area is 205 Å². The fourth-order valence-electron chi connectivity index (χ4n) is 3.61. The summed E-state index contributed by atoms with van der Waals surface area (Å²) in [7, 11) is 7.67. The Hall–Kier alpha value is -2.48. The van der Waals surface area contributed by atoms with Crippen LogP contribution < -0.4 is 14.8 Å². The van der Waals surface area contributed by atoms with Crippen LogP contribution in [0.2, 0.25) is 0 Å². The van der Waals surface area contributed by atoms with Crippen molar-refractivity contribution in [1.29, 1.82) is 0 Å². The summed E-state index contributed by atoms with van der Waals surface area (Å²) in [5.74, 6) is 0.739. The minimum Gasteiger partial charge on any atom is -0.493 e. The van der Waals surface area contributed by atoms with Crippen LogP contribution in [0.1, 0.15) is 58.3 Å². The third-order valence-electron chi connectivity index (χ3n) is 5.34. The molecule has 0 unspecified atom stereocenters. The zero-order valence-electron chi connectivity index (χ0n) is 21.8. The van der Waals surface area contributed by atoms with Crippen molar-refractivity contribution in [2.24, 2.45) is 0 Å². The molecule has 8 heteroatoms. The number of nitrogens with zero attached hydrogens (tertiary/aromatic N) is 2. The second-order valence-electron chi connectivity index (χ2n) is 9.93. The normalized spacial score (nSPS) is 12.1. The molecule has 0 aliphatic heterocycles. The van der Waals surface area contributed by atoms with Gasteiger partial charge in [0.25, 0.3) is 0 Å². The van der Waals surface area contributed by atoms with E-state index in [-0.39, 0.29) is 12.5 Å². The SMILES string of the molecule is CCCCCCOc1cccc(OCCCCCN(C)C(=O)N[C@H](CC(=O)O)C[N+](C)(C)C)c1. The second kappa shape index (κ2) is 16.2. The number of carbonyl (C=O) groups excluding carboxylic acids is 1. The highest BCUT2D eigenvalue weighted by Gasteiger charge is 2.24. The lowest BCUT2D eigenvalue weighted by atomic mass is 10.2. The van der Waals surface area contributed by atoms with Gasteiger partial charge in [-0.15, -0.1) is 0 Å². The first-order chi connectivity index (χ1) is 16.1. The van der Waals surface area contributed by atoms with Crippen molar-refractivity contribution in [3.63, 3.8) is 0 Å². The van der Waals surface area contributed by atoms with Gasteiger partial charge < -0.3 is 29.3 Å². The number of urea groups is 1. The summed E-state index contributed by atoms with van der Waals surface area (Å²) in [6.07, 6.45) is 7.32. The highest BCUT2D eigenvalue weighted by Crippen LogP contribution is 2.20. The average Bonchev–Trinajstić information content (AvgIpc) is 2.74. The molecule has 0 heterocycles. The van der Waals surface area contributed by atoms with E-state index in [0.717, 1.165) is 43.8 Å². The number of carboxylic acids is 1. The molecule has 2 amide bonds. The highest BCUT2D eigenvalue weighted by molar-refractivity contribution is 5.75. The molecule has 0 saturated heterocycles. The average molecular weight is 481 g/mol. The summed E-state index contributed by atoms with van der Waals surface area (Å²) in [4.78, 5) is 25.2. The minimum atomic E-state index is -0.912. The smallest absolute Gasteiger partial charge is 0.317 e. The zero-order chi connectivity index (χ0) is 25.4. The van der Waals surface area contributed by atoms with E-state index in [2.05, 4.69) is 12.2 Å². The summed E-state index contributed by atoms with van der Waals surface area (Å²) in [6.45, 7) is 4.70. The number of unbranched alkanes of at least 4 members (excludes halogenated alkanes) is 5. The molecule has 0 saturated carbocycles. The molecule has 0 aliphatic rings. The quantitative estimate of drug-likeness (QED) is 0.240. The largest absolute Gasteiger partial charge is 0.493 e. The van der Waals surface area contributed by atoms with Gasteiger partial charge >= 0.3 is 12.0 Å². The Morgan fingerprint density at radius 3 is 2.12 bits per heavy atom. The van der Waals surface area contributed by atoms with Gasteiger partial charge in [-0.25, -0.2) is 4.79 Å². The molecule has 1 aromatic carbocycles. The van der Waals surface area contributed by atoms with Crippen LogP contribution in [-0.4, -0.2) is 87.0 Å². The molecule has 2 N–H and O–H groups in total. The molecular weight excluding hydrogens is 434 g/mol. The van der Waals surface area contributed by atoms with Crippen molar-refractivity contribution in [3.8, 4) is 11.5 Å². The summed E-state index contributed by atoms with van der Waals surface area (Å²) in [6, 6.07) is 7.13. The van der Waals surface area contributed by atoms with Gasteiger partial charge in [-0.1, -0.05) is 32.3 Å². The van der Waals surface area contributed by atoms with Gasteiger partial charge in [-0.05, 0) is 37.8 Å². The fourth-order valence-corrected chi connectivity index (χ4v) is 3.61. The number of amides is 2. The molecule has 1 atom stereocenters. The predicted molar refractivity (Wildman–Crippen MR) is 136 cm³/mol. The van der Waals surface area contributed by atoms with Crippen molar-refractivity contribution < 1.29 is 28.7 Å². The molecule has 0 spiro atoms. The first kappa shape index (κ1) is 29.6. The van der Waals surface area contributed by atoms with Crippen LogP contribution in [0.3, 0.4) is 0 Å². The number of carboxylic acid groups (broad SMARTS) is 1. The third kappa shape index (κ3) is 14.6. The van der Waals surface area contributed by atoms with Crippen LogP contribution in [0, 0.1) is 0 Å². The van der Waals surface area contributed by atoms with Crippen molar-refractivity contribution in [2.75, 3.05) is 54.5 Å². The van der Waals surface area contributed by atoms with E-state index < -0.39 is 12.0 Å². The predicted octanol–water partition coefficient (Wildman–Crippen LogP) is 4.39. The van der Waals surface area contributed by atoms with Gasteiger partial charge in [-0.3, -0.25) is 4.79 Å². The number of rotatable bonds is 18. The van der Waals surface area contributed by atoms with Crippen LogP contribution >= 0.6 is 0 Å². The van der Waals surface area contributed by atoms with Gasteiger partial charge in [0, 0.05) is 19.7 Å². The van der Waals surface area contributed by atoms with E-state index in [1.165, 1.54) is 19.3 Å². The molecule has 194 valence electrons. The van der Waals surface area contributed by atoms with Crippen LogP contribution in [0.15, 0.2) is 24.3 Å². The molecule has 34 heavy (non-hydrogen) atoms. The maximum absolute atomic E-state index is 12.5. The van der Waals surface area contributed by atoms with Crippen molar-refractivity contribution in [3.05, 3.63) is 24.3 Å². The van der Waals surface area contributed by atoms with E-state index in [4.69, 9.17) is 14.6 Å². The molecule has 0 aliphatic carbocycles. The number of hydrogen-bond acceptors (Lipinski definition) is 4. The highest BCUT2D eigenvalue weighted by atomic mass is 16.5. The topological polar surface area (TPSA) is 88.1 Å². The van der Waals surface area contributed by atoms with Gasteiger partial charge in [0.1, 0.15) is 11.5 Å². The molecule has 1 rings (SSSR count). The maximum atomic E-state index is 12.5. The Bertz CT molecular complexity index is 721. The zero-order valence-corrected chi connectivity index (χ0v) is 21.8. The van der Waals surface area contributed by atoms with Crippen molar-refractivity contribution in [2.45, 2.75) is 64.3 Å². The van der Waals surface area contributed by atoms with Crippen LogP contribution in [0.4, 0.5) is 4.79 Å². The minimum absolute atomic E-state index is 0.0858. The molecule has 0 fully saturated rings. The standard InChI is InChI=1S/C26H45N3O5/c1-6-7-8-11-17-33-23-14-13-15-24(20-23)34-18-12-9-10-16-28(2)26(32)27-22(19-25(30)31)21-29(3,4)5/h13-15,20,22H,6-12,16-19,21H2,1-5H3,(H-,27,30,31,32)/p+1/t22-/m1/s1. The van der Waals surface area contributed by atoms with E-state index in [0.29, 0.717) is 24.2 Å². The molecule has 0 radical (unpaired) electrons. The van der Waals surface area contributed by atoms with Crippen molar-refractivity contribution >= 4 is 12.0 Å². The summed E-state index contributed by atoms with van der Waals surface area (Å²) in [5.41, 5.74) is 0. The van der Waals surface area contributed by atoms with Crippen LogP contribution in [0.5, 0.6) is 11.5 Å². The van der Waals surface area contributed by atoms with E-state index in [1.54, 1.807) is 11.9 Å². The van der Waals surface area contributed by atoms with Gasteiger partial charge in [-0.2, -0.15) is 0 Å². The second-order valence-corrected chi connectivity index (χ2v) is 9.93. The maximum Gasteiger partial charge on any atom is 0.317 e. The first-order valence-electron chi connectivity index (χ1n) is 12.5. The Morgan fingerprint density at radius 1 is 1.00 bits per heavy atom. The van der Waals surface area contributed by atoms with Crippen LogP contribution in [-0.2, 0) is 4.79 Å². The van der Waals surface area contributed by atoms with Crippen LogP contribution in [0.25, 0.3) is 0 Å². The van der Waals surface area contributed by atoms with Crippen molar-refractivity contribution in [1.82, 2.24) is 10.2 Å². The lowest BCUT2D eigenvalue weighted by molar-refractivity contribution is -0.871. The monoisotopic (exact) mass is 480 g/mol. The van der Waals surface area contributed by atoms with E-state index in [9.17, 15) is 9.59 Å². The Balaban J connectivity index is 2.26. The number of carbonyl (C=O) groups is 2. The molecule has 1 aromatic rings. The summed E-state index contributed by atoms with van der Waals surface area (Å²) >= 11 is 0. The number of likely N-dealkylation sites (N-methyl/N-ethyl adjacent to an activating group) is 1. The molecular formula is C26H46N3O5+. The summed E-state index contributed by atoms with van der Waals surface area (Å²) < 4.78 is 12.2.